The average Bonchev–Trinajstić information content (AvgIpc) is 2.32. The smallest absolute Gasteiger partial charge is 0.251 e. The summed E-state index contributed by atoms with van der Waals surface area (Å²) in [5.41, 5.74) is -0.0253. The van der Waals surface area contributed by atoms with E-state index in [-0.39, 0.29) is 18.1 Å². The van der Waals surface area contributed by atoms with Gasteiger partial charge >= 0.3 is 0 Å². The van der Waals surface area contributed by atoms with Crippen molar-refractivity contribution in [2.24, 2.45) is 5.92 Å². The van der Waals surface area contributed by atoms with Crippen LogP contribution in [0.4, 0.5) is 8.78 Å². The predicted octanol–water partition coefficient (Wildman–Crippen LogP) is 2.10. The molecule has 0 saturated heterocycles. The highest BCUT2D eigenvalue weighted by Crippen LogP contribution is 2.08. The lowest BCUT2D eigenvalue weighted by molar-refractivity contribution is 0.0951. The Morgan fingerprint density at radius 1 is 1.33 bits per heavy atom. The molecule has 0 bridgehead atoms. The minimum absolute atomic E-state index is 0.0253. The van der Waals surface area contributed by atoms with Gasteiger partial charge in [-0.2, -0.15) is 0 Å². The Balaban J connectivity index is 2.41. The first kappa shape index (κ1) is 14.6. The van der Waals surface area contributed by atoms with Gasteiger partial charge in [0.15, 0.2) is 0 Å². The fourth-order valence-corrected chi connectivity index (χ4v) is 1.53. The van der Waals surface area contributed by atoms with Crippen molar-refractivity contribution < 1.29 is 18.7 Å². The molecule has 1 amide bonds. The van der Waals surface area contributed by atoms with Crippen LogP contribution in [0.2, 0.25) is 0 Å². The van der Waals surface area contributed by atoms with Crippen LogP contribution < -0.4 is 5.32 Å². The van der Waals surface area contributed by atoms with Crippen LogP contribution in [0.5, 0.6) is 0 Å². The molecule has 1 rings (SSSR count). The quantitative estimate of drug-likeness (QED) is 0.767. The number of carbonyl (C=O) groups excluding carboxylic acids is 1. The second-order valence-corrected chi connectivity index (χ2v) is 4.34. The monoisotopic (exact) mass is 257 g/mol. The summed E-state index contributed by atoms with van der Waals surface area (Å²) >= 11 is 0. The number of amides is 1. The van der Waals surface area contributed by atoms with Gasteiger partial charge in [0, 0.05) is 24.8 Å². The highest BCUT2D eigenvalue weighted by Gasteiger charge is 2.08. The van der Waals surface area contributed by atoms with Crippen molar-refractivity contribution in [1.82, 2.24) is 5.32 Å². The minimum Gasteiger partial charge on any atom is -0.396 e. The fraction of sp³-hybridized carbons (Fsp3) is 0.462. The van der Waals surface area contributed by atoms with Gasteiger partial charge in [-0.15, -0.1) is 0 Å². The molecule has 0 spiro atoms. The van der Waals surface area contributed by atoms with E-state index >= 15 is 0 Å². The summed E-state index contributed by atoms with van der Waals surface area (Å²) in [6.45, 7) is 2.44. The van der Waals surface area contributed by atoms with Gasteiger partial charge in [-0.3, -0.25) is 4.79 Å². The number of halogens is 2. The summed E-state index contributed by atoms with van der Waals surface area (Å²) in [6, 6.07) is 2.71. The maximum absolute atomic E-state index is 12.9. The van der Waals surface area contributed by atoms with Crippen molar-refractivity contribution in [1.29, 1.82) is 0 Å². The normalized spacial score (nSPS) is 12.2. The Morgan fingerprint density at radius 3 is 2.50 bits per heavy atom. The highest BCUT2D eigenvalue weighted by atomic mass is 19.1. The largest absolute Gasteiger partial charge is 0.396 e. The third-order valence-corrected chi connectivity index (χ3v) is 2.60. The van der Waals surface area contributed by atoms with Crippen LogP contribution in [-0.2, 0) is 0 Å². The first-order chi connectivity index (χ1) is 8.52. The molecule has 100 valence electrons. The summed E-state index contributed by atoms with van der Waals surface area (Å²) in [4.78, 5) is 11.6. The molecule has 0 fully saturated rings. The van der Waals surface area contributed by atoms with Crippen LogP contribution in [0.1, 0.15) is 30.1 Å². The average molecular weight is 257 g/mol. The lowest BCUT2D eigenvalue weighted by Crippen LogP contribution is -2.25. The molecule has 1 aromatic rings. The van der Waals surface area contributed by atoms with Gasteiger partial charge < -0.3 is 10.4 Å². The molecule has 0 aliphatic carbocycles. The lowest BCUT2D eigenvalue weighted by atomic mass is 10.1. The van der Waals surface area contributed by atoms with Crippen molar-refractivity contribution in [2.75, 3.05) is 13.2 Å². The van der Waals surface area contributed by atoms with Crippen LogP contribution in [0.3, 0.4) is 0 Å². The van der Waals surface area contributed by atoms with Crippen LogP contribution in [0.15, 0.2) is 18.2 Å². The SMILES string of the molecule is CC(CO)CCCNC(=O)c1cc(F)cc(F)c1. The van der Waals surface area contributed by atoms with E-state index in [1.54, 1.807) is 0 Å². The second-order valence-electron chi connectivity index (χ2n) is 4.34. The molecule has 0 heterocycles. The number of rotatable bonds is 6. The zero-order chi connectivity index (χ0) is 13.5. The molecule has 0 saturated carbocycles. The Labute approximate surface area is 105 Å². The minimum atomic E-state index is -0.769. The summed E-state index contributed by atoms with van der Waals surface area (Å²) in [5, 5.41) is 11.4. The van der Waals surface area contributed by atoms with Gasteiger partial charge in [-0.25, -0.2) is 8.78 Å². The van der Waals surface area contributed by atoms with E-state index in [4.69, 9.17) is 5.11 Å². The topological polar surface area (TPSA) is 49.3 Å². The molecule has 2 N–H and O–H groups in total. The van der Waals surface area contributed by atoms with Gasteiger partial charge in [0.05, 0.1) is 0 Å². The van der Waals surface area contributed by atoms with E-state index in [1.807, 2.05) is 6.92 Å². The summed E-state index contributed by atoms with van der Waals surface area (Å²) < 4.78 is 25.8. The Kier molecular flexibility index (Phi) is 5.71. The molecule has 18 heavy (non-hydrogen) atoms. The third kappa shape index (κ3) is 4.79. The number of hydrogen-bond acceptors (Lipinski definition) is 2. The van der Waals surface area contributed by atoms with Gasteiger partial charge in [0.25, 0.3) is 5.91 Å². The Morgan fingerprint density at radius 2 is 1.94 bits per heavy atom. The molecule has 0 aromatic heterocycles. The number of carbonyl (C=O) groups is 1. The molecular weight excluding hydrogens is 240 g/mol. The molecule has 0 aliphatic rings. The molecule has 1 unspecified atom stereocenters. The fourth-order valence-electron chi connectivity index (χ4n) is 1.53. The lowest BCUT2D eigenvalue weighted by Gasteiger charge is -2.08. The number of hydrogen-bond donors (Lipinski definition) is 2. The molecule has 0 radical (unpaired) electrons. The van der Waals surface area contributed by atoms with Crippen molar-refractivity contribution >= 4 is 5.91 Å². The Hall–Kier alpha value is -1.49. The van der Waals surface area contributed by atoms with Gasteiger partial charge in [-0.05, 0) is 30.9 Å². The molecule has 1 atom stereocenters. The van der Waals surface area contributed by atoms with Crippen LogP contribution in [0.25, 0.3) is 0 Å². The molecule has 0 aliphatic heterocycles. The summed E-state index contributed by atoms with van der Waals surface area (Å²) in [6.07, 6.45) is 1.50. The van der Waals surface area contributed by atoms with E-state index in [0.29, 0.717) is 13.0 Å². The van der Waals surface area contributed by atoms with E-state index in [0.717, 1.165) is 24.6 Å². The van der Waals surface area contributed by atoms with Crippen molar-refractivity contribution in [3.63, 3.8) is 0 Å². The van der Waals surface area contributed by atoms with Crippen LogP contribution >= 0.6 is 0 Å². The maximum atomic E-state index is 12.9. The molecule has 5 heteroatoms. The van der Waals surface area contributed by atoms with Crippen LogP contribution in [-0.4, -0.2) is 24.2 Å². The van der Waals surface area contributed by atoms with E-state index in [2.05, 4.69) is 5.32 Å². The first-order valence-corrected chi connectivity index (χ1v) is 5.88. The summed E-state index contributed by atoms with van der Waals surface area (Å²) in [5.74, 6) is -1.85. The first-order valence-electron chi connectivity index (χ1n) is 5.88. The molecule has 3 nitrogen and oxygen atoms in total. The van der Waals surface area contributed by atoms with E-state index < -0.39 is 17.5 Å². The van der Waals surface area contributed by atoms with Crippen molar-refractivity contribution in [2.45, 2.75) is 19.8 Å². The van der Waals surface area contributed by atoms with Crippen molar-refractivity contribution in [3.05, 3.63) is 35.4 Å². The van der Waals surface area contributed by atoms with Gasteiger partial charge in [-0.1, -0.05) is 6.92 Å². The molecule has 1 aromatic carbocycles. The number of benzene rings is 1. The standard InChI is InChI=1S/C13H17F2NO2/c1-9(8-17)3-2-4-16-13(18)10-5-11(14)7-12(15)6-10/h5-7,9,17H,2-4,8H2,1H3,(H,16,18). The van der Waals surface area contributed by atoms with E-state index in [9.17, 15) is 13.6 Å². The van der Waals surface area contributed by atoms with Crippen LogP contribution in [0, 0.1) is 17.6 Å². The summed E-state index contributed by atoms with van der Waals surface area (Å²) in [7, 11) is 0. The second kappa shape index (κ2) is 7.06. The number of aliphatic hydroxyl groups excluding tert-OH is 1. The Bertz CT molecular complexity index is 390. The van der Waals surface area contributed by atoms with Crippen molar-refractivity contribution in [3.8, 4) is 0 Å². The van der Waals surface area contributed by atoms with Gasteiger partial charge in [0.2, 0.25) is 0 Å². The zero-order valence-electron chi connectivity index (χ0n) is 10.2. The number of aliphatic hydroxyl groups is 1. The highest BCUT2D eigenvalue weighted by molar-refractivity contribution is 5.94. The maximum Gasteiger partial charge on any atom is 0.251 e. The third-order valence-electron chi connectivity index (χ3n) is 2.60. The predicted molar refractivity (Wildman–Crippen MR) is 64.2 cm³/mol. The molecular formula is C13H17F2NO2. The van der Waals surface area contributed by atoms with E-state index in [1.165, 1.54) is 0 Å². The zero-order valence-corrected chi connectivity index (χ0v) is 10.2. The van der Waals surface area contributed by atoms with Gasteiger partial charge in [0.1, 0.15) is 11.6 Å². The number of nitrogens with one attached hydrogen (secondary N) is 1.